The summed E-state index contributed by atoms with van der Waals surface area (Å²) in [7, 11) is 1.67. The zero-order valence-corrected chi connectivity index (χ0v) is 9.92. The molecule has 2 unspecified atom stereocenters. The van der Waals surface area contributed by atoms with E-state index in [2.05, 4.69) is 10.4 Å². The van der Waals surface area contributed by atoms with Crippen molar-refractivity contribution in [1.82, 2.24) is 9.78 Å². The minimum Gasteiger partial charge on any atom is -0.378 e. The topological polar surface area (TPSA) is 82.2 Å². The first-order chi connectivity index (χ1) is 8.06. The van der Waals surface area contributed by atoms with Crippen molar-refractivity contribution in [1.29, 1.82) is 0 Å². The maximum absolute atomic E-state index is 10.8. The molecule has 0 saturated carbocycles. The van der Waals surface area contributed by atoms with Crippen molar-refractivity contribution >= 4 is 11.5 Å². The van der Waals surface area contributed by atoms with Gasteiger partial charge in [-0.2, -0.15) is 0 Å². The van der Waals surface area contributed by atoms with Crippen molar-refractivity contribution in [2.75, 3.05) is 11.9 Å². The van der Waals surface area contributed by atoms with Crippen LogP contribution >= 0.6 is 0 Å². The van der Waals surface area contributed by atoms with Crippen LogP contribution in [0.15, 0.2) is 6.20 Å². The summed E-state index contributed by atoms with van der Waals surface area (Å²) in [5, 5.41) is 18.0. The summed E-state index contributed by atoms with van der Waals surface area (Å²) >= 11 is 0. The third kappa shape index (κ3) is 2.73. The van der Waals surface area contributed by atoms with E-state index < -0.39 is 4.92 Å². The minimum absolute atomic E-state index is 0.0200. The number of nitro groups is 1. The van der Waals surface area contributed by atoms with Gasteiger partial charge in [-0.15, -0.1) is 5.10 Å². The predicted molar refractivity (Wildman–Crippen MR) is 61.9 cm³/mol. The lowest BCUT2D eigenvalue weighted by Crippen LogP contribution is -2.32. The summed E-state index contributed by atoms with van der Waals surface area (Å²) < 4.78 is 6.88. The zero-order chi connectivity index (χ0) is 12.4. The first-order valence-electron chi connectivity index (χ1n) is 5.62. The number of aromatic nitrogens is 2. The monoisotopic (exact) mass is 240 g/mol. The fourth-order valence-electron chi connectivity index (χ4n) is 2.03. The van der Waals surface area contributed by atoms with Gasteiger partial charge in [0.25, 0.3) is 0 Å². The van der Waals surface area contributed by atoms with Crippen molar-refractivity contribution in [3.8, 4) is 0 Å². The minimum atomic E-state index is -0.419. The number of aryl methyl sites for hydroxylation is 1. The molecule has 0 bridgehead atoms. The lowest BCUT2D eigenvalue weighted by molar-refractivity contribution is -0.384. The maximum atomic E-state index is 10.8. The number of anilines is 1. The van der Waals surface area contributed by atoms with Crippen molar-refractivity contribution in [3.05, 3.63) is 16.3 Å². The maximum Gasteiger partial charge on any atom is 0.330 e. The molecular formula is C10H16N4O3. The smallest absolute Gasteiger partial charge is 0.330 e. The van der Waals surface area contributed by atoms with E-state index in [1.807, 2.05) is 6.92 Å². The van der Waals surface area contributed by atoms with Gasteiger partial charge in [-0.1, -0.05) is 0 Å². The molecule has 0 aliphatic carbocycles. The Morgan fingerprint density at radius 1 is 1.71 bits per heavy atom. The van der Waals surface area contributed by atoms with Gasteiger partial charge in [0.1, 0.15) is 6.20 Å². The highest BCUT2D eigenvalue weighted by atomic mass is 16.6. The lowest BCUT2D eigenvalue weighted by Gasteiger charge is -2.27. The molecule has 94 valence electrons. The summed E-state index contributed by atoms with van der Waals surface area (Å²) in [6, 6.07) is 0.187. The van der Waals surface area contributed by atoms with Crippen LogP contribution in [0.5, 0.6) is 0 Å². The third-order valence-electron chi connectivity index (χ3n) is 2.83. The second-order valence-corrected chi connectivity index (χ2v) is 4.34. The van der Waals surface area contributed by atoms with Crippen molar-refractivity contribution < 1.29 is 9.66 Å². The first kappa shape index (κ1) is 11.8. The molecular weight excluding hydrogens is 224 g/mol. The van der Waals surface area contributed by atoms with Crippen LogP contribution in [0.1, 0.15) is 19.8 Å². The van der Waals surface area contributed by atoms with Crippen LogP contribution in [0.2, 0.25) is 0 Å². The molecule has 7 heteroatoms. The Labute approximate surface area is 98.9 Å². The van der Waals surface area contributed by atoms with Crippen LogP contribution in [0.25, 0.3) is 0 Å². The normalized spacial score (nSPS) is 24.6. The molecule has 1 aromatic heterocycles. The van der Waals surface area contributed by atoms with E-state index in [1.165, 1.54) is 10.9 Å². The number of ether oxygens (including phenoxy) is 1. The molecule has 1 N–H and O–H groups in total. The van der Waals surface area contributed by atoms with E-state index >= 15 is 0 Å². The summed E-state index contributed by atoms with van der Waals surface area (Å²) in [4.78, 5) is 10.4. The number of rotatable bonds is 3. The van der Waals surface area contributed by atoms with Crippen LogP contribution in [-0.2, 0) is 11.8 Å². The Morgan fingerprint density at radius 3 is 3.12 bits per heavy atom. The molecule has 17 heavy (non-hydrogen) atoms. The number of hydrogen-bond acceptors (Lipinski definition) is 5. The van der Waals surface area contributed by atoms with Gasteiger partial charge in [0.15, 0.2) is 0 Å². The molecule has 0 spiro atoms. The molecule has 1 aliphatic rings. The zero-order valence-electron chi connectivity index (χ0n) is 9.92. The highest BCUT2D eigenvalue weighted by Crippen LogP contribution is 2.25. The quantitative estimate of drug-likeness (QED) is 0.636. The van der Waals surface area contributed by atoms with E-state index in [-0.39, 0.29) is 17.8 Å². The van der Waals surface area contributed by atoms with Crippen molar-refractivity contribution in [3.63, 3.8) is 0 Å². The predicted octanol–water partition coefficient (Wildman–Crippen LogP) is 1.31. The lowest BCUT2D eigenvalue weighted by atomic mass is 10.0. The van der Waals surface area contributed by atoms with E-state index in [9.17, 15) is 10.1 Å². The Hall–Kier alpha value is -1.63. The highest BCUT2D eigenvalue weighted by Gasteiger charge is 2.24. The molecule has 1 aromatic rings. The van der Waals surface area contributed by atoms with E-state index in [4.69, 9.17) is 4.74 Å². The Morgan fingerprint density at radius 2 is 2.47 bits per heavy atom. The largest absolute Gasteiger partial charge is 0.378 e. The standard InChI is InChI=1S/C10H16N4O3/c1-7-5-8(3-4-17-7)11-10-9(14(15)16)6-13(2)12-10/h6-8H,3-5H2,1-2H3,(H,11,12). The average molecular weight is 240 g/mol. The SMILES string of the molecule is CC1CC(Nc2nn(C)cc2[N+](=O)[O-])CCO1. The molecule has 2 rings (SSSR count). The Bertz CT molecular complexity index is 418. The summed E-state index contributed by atoms with van der Waals surface area (Å²) in [6.07, 6.45) is 3.28. The van der Waals surface area contributed by atoms with Gasteiger partial charge in [0.2, 0.25) is 5.82 Å². The van der Waals surface area contributed by atoms with Gasteiger partial charge < -0.3 is 10.1 Å². The van der Waals surface area contributed by atoms with Crippen LogP contribution in [0.4, 0.5) is 11.5 Å². The molecule has 0 aromatic carbocycles. The summed E-state index contributed by atoms with van der Waals surface area (Å²) in [5.41, 5.74) is 0.0200. The fourth-order valence-corrected chi connectivity index (χ4v) is 2.03. The highest BCUT2D eigenvalue weighted by molar-refractivity contribution is 5.55. The van der Waals surface area contributed by atoms with Gasteiger partial charge in [0.05, 0.1) is 11.0 Å². The number of nitrogens with one attached hydrogen (secondary N) is 1. The molecule has 1 saturated heterocycles. The molecule has 2 heterocycles. The van der Waals surface area contributed by atoms with Crippen molar-refractivity contribution in [2.24, 2.45) is 7.05 Å². The first-order valence-corrected chi connectivity index (χ1v) is 5.62. The average Bonchev–Trinajstić information content (AvgIpc) is 2.59. The molecule has 2 atom stereocenters. The third-order valence-corrected chi connectivity index (χ3v) is 2.83. The molecule has 7 nitrogen and oxygen atoms in total. The number of nitrogens with zero attached hydrogens (tertiary/aromatic N) is 3. The van der Waals surface area contributed by atoms with Crippen LogP contribution in [0.3, 0.4) is 0 Å². The Kier molecular flexibility index (Phi) is 3.28. The van der Waals surface area contributed by atoms with Crippen molar-refractivity contribution in [2.45, 2.75) is 31.9 Å². The number of hydrogen-bond donors (Lipinski definition) is 1. The van der Waals surface area contributed by atoms with E-state index in [1.54, 1.807) is 7.05 Å². The Balaban J connectivity index is 2.09. The summed E-state index contributed by atoms with van der Waals surface area (Å²) in [5.74, 6) is 0.344. The van der Waals surface area contributed by atoms with Gasteiger partial charge >= 0.3 is 5.69 Å². The molecule has 0 amide bonds. The fraction of sp³-hybridized carbons (Fsp3) is 0.700. The van der Waals surface area contributed by atoms with Crippen LogP contribution in [0, 0.1) is 10.1 Å². The van der Waals surface area contributed by atoms with Gasteiger partial charge in [0, 0.05) is 19.7 Å². The molecule has 1 fully saturated rings. The second kappa shape index (κ2) is 4.70. The second-order valence-electron chi connectivity index (χ2n) is 4.34. The van der Waals surface area contributed by atoms with Gasteiger partial charge in [-0.3, -0.25) is 14.8 Å². The van der Waals surface area contributed by atoms with Crippen LogP contribution < -0.4 is 5.32 Å². The van der Waals surface area contributed by atoms with E-state index in [0.717, 1.165) is 12.8 Å². The molecule has 1 aliphatic heterocycles. The molecule has 0 radical (unpaired) electrons. The van der Waals surface area contributed by atoms with Crippen LogP contribution in [-0.4, -0.2) is 33.5 Å². The van der Waals surface area contributed by atoms with Gasteiger partial charge in [-0.05, 0) is 19.8 Å². The summed E-state index contributed by atoms with van der Waals surface area (Å²) in [6.45, 7) is 2.68. The van der Waals surface area contributed by atoms with Gasteiger partial charge in [-0.25, -0.2) is 0 Å². The van der Waals surface area contributed by atoms with E-state index in [0.29, 0.717) is 12.4 Å².